The molecule has 1 heterocycles. The van der Waals surface area contributed by atoms with E-state index < -0.39 is 8.24 Å². The van der Waals surface area contributed by atoms with E-state index in [2.05, 4.69) is 129 Å². The van der Waals surface area contributed by atoms with E-state index in [1.54, 1.807) is 5.19 Å². The van der Waals surface area contributed by atoms with E-state index in [9.17, 15) is 0 Å². The lowest BCUT2D eigenvalue weighted by Crippen LogP contribution is -2.81. The average molecular weight is 455 g/mol. The maximum atomic E-state index is 2.50. The highest BCUT2D eigenvalue weighted by Crippen LogP contribution is 2.52. The van der Waals surface area contributed by atoms with Gasteiger partial charge in [-0.15, -0.1) is 0 Å². The molecule has 1 unspecified atom stereocenters. The zero-order chi connectivity index (χ0) is 22.9. The summed E-state index contributed by atoms with van der Waals surface area (Å²) in [4.78, 5) is 0. The Morgan fingerprint density at radius 2 is 1.21 bits per heavy atom. The first-order chi connectivity index (χ1) is 16.6. The monoisotopic (exact) mass is 454 g/mol. The van der Waals surface area contributed by atoms with Crippen molar-refractivity contribution in [1.82, 2.24) is 0 Å². The third-order valence-electron chi connectivity index (χ3n) is 8.39. The molecule has 0 N–H and O–H groups in total. The maximum Gasteiger partial charge on any atom is 0.363 e. The Labute approximate surface area is 202 Å². The van der Waals surface area contributed by atoms with E-state index in [-0.39, 0.29) is 0 Å². The number of rotatable bonds is 2. The molecule has 0 radical (unpaired) electrons. The number of fused-ring (bicyclic) bond motifs is 3. The van der Waals surface area contributed by atoms with Crippen LogP contribution < -0.4 is 10.4 Å². The van der Waals surface area contributed by atoms with Crippen molar-refractivity contribution in [2.24, 2.45) is 0 Å². The molecule has 7 rings (SSSR count). The van der Waals surface area contributed by atoms with Gasteiger partial charge in [0, 0.05) is 15.9 Å². The highest BCUT2D eigenvalue weighted by atomic mass is 28.3. The van der Waals surface area contributed by atoms with Crippen LogP contribution in [-0.2, 0) is 6.54 Å². The lowest BCUT2D eigenvalue weighted by molar-refractivity contribution is -0.804. The van der Waals surface area contributed by atoms with Crippen molar-refractivity contribution in [3.8, 4) is 11.1 Å². The Bertz CT molecular complexity index is 1520. The first-order valence-electron chi connectivity index (χ1n) is 12.2. The minimum Gasteiger partial charge on any atom is -0.377 e. The van der Waals surface area contributed by atoms with Crippen LogP contribution in [0.2, 0.25) is 0 Å². The zero-order valence-corrected chi connectivity index (χ0v) is 20.7. The molecule has 164 valence electrons. The summed E-state index contributed by atoms with van der Waals surface area (Å²) in [7, 11) is 2.53. The van der Waals surface area contributed by atoms with Gasteiger partial charge in [-0.2, -0.15) is 0 Å². The highest BCUT2D eigenvalue weighted by Gasteiger charge is 2.64. The lowest BCUT2D eigenvalue weighted by Gasteiger charge is -2.53. The number of hydrogen-bond donors (Lipinski definition) is 0. The molecule has 0 aromatic heterocycles. The van der Waals surface area contributed by atoms with Gasteiger partial charge >= 0.3 is 8.24 Å². The van der Waals surface area contributed by atoms with Gasteiger partial charge < -0.3 is 4.15 Å². The fourth-order valence-corrected chi connectivity index (χ4v) is 13.8. The van der Waals surface area contributed by atoms with Crippen LogP contribution in [0.1, 0.15) is 22.2 Å². The molecule has 0 fully saturated rings. The summed E-state index contributed by atoms with van der Waals surface area (Å²) in [6.45, 7) is 1.05. The topological polar surface area (TPSA) is 0 Å². The molecule has 1 aliphatic carbocycles. The number of benzene rings is 5. The minimum absolute atomic E-state index is 0.358. The fourth-order valence-electron chi connectivity index (χ4n) is 7.22. The Balaban J connectivity index is 1.70. The van der Waals surface area contributed by atoms with Crippen LogP contribution in [0.15, 0.2) is 115 Å². The highest BCUT2D eigenvalue weighted by molar-refractivity contribution is 7.00. The Morgan fingerprint density at radius 3 is 1.88 bits per heavy atom. The maximum absolute atomic E-state index is 2.50. The summed E-state index contributed by atoms with van der Waals surface area (Å²) in [6.07, 6.45) is 0. The molecule has 0 bridgehead atoms. The van der Waals surface area contributed by atoms with E-state index in [0.717, 1.165) is 10.7 Å². The van der Waals surface area contributed by atoms with Gasteiger partial charge in [-0.1, -0.05) is 115 Å². The molecule has 1 atom stereocenters. The van der Waals surface area contributed by atoms with Crippen LogP contribution in [0.3, 0.4) is 0 Å². The number of hydrogen-bond acceptors (Lipinski definition) is 0. The van der Waals surface area contributed by atoms with Gasteiger partial charge in [-0.05, 0) is 33.0 Å². The van der Waals surface area contributed by atoms with Crippen molar-refractivity contribution in [3.63, 3.8) is 0 Å². The second kappa shape index (κ2) is 7.02. The summed E-state index contributed by atoms with van der Waals surface area (Å²) < 4.78 is 1.00. The van der Waals surface area contributed by atoms with Gasteiger partial charge in [0.05, 0.1) is 26.2 Å². The van der Waals surface area contributed by atoms with Crippen LogP contribution in [0, 0.1) is 0 Å². The van der Waals surface area contributed by atoms with Gasteiger partial charge in [0.2, 0.25) is 0 Å². The normalized spacial score (nSPS) is 20.2. The Kier molecular flexibility index (Phi) is 4.12. The number of nitrogens with zero attached hydrogens (tertiary/aromatic N) is 1. The molecule has 1 nitrogen and oxygen atoms in total. The van der Waals surface area contributed by atoms with Crippen molar-refractivity contribution in [2.45, 2.75) is 12.1 Å². The quantitative estimate of drug-likeness (QED) is 0.294. The van der Waals surface area contributed by atoms with Gasteiger partial charge in [0.1, 0.15) is 0 Å². The van der Waals surface area contributed by atoms with Crippen molar-refractivity contribution in [1.29, 1.82) is 0 Å². The molecule has 0 saturated heterocycles. The van der Waals surface area contributed by atoms with Gasteiger partial charge in [-0.25, -0.2) is 0 Å². The van der Waals surface area contributed by atoms with Gasteiger partial charge in [-0.3, -0.25) is 0 Å². The Hall–Kier alpha value is -3.46. The second-order valence-corrected chi connectivity index (χ2v) is 14.8. The summed E-state index contributed by atoms with van der Waals surface area (Å²) in [5.41, 5.74) is 7.67. The number of quaternary nitrogens is 1. The molecule has 0 saturated carbocycles. The molecule has 0 amide bonds. The predicted octanol–water partition coefficient (Wildman–Crippen LogP) is 5.84. The van der Waals surface area contributed by atoms with Crippen LogP contribution in [-0.4, -0.2) is 26.5 Å². The Morgan fingerprint density at radius 1 is 0.618 bits per heavy atom. The molecule has 34 heavy (non-hydrogen) atoms. The second-order valence-electron chi connectivity index (χ2n) is 10.4. The zero-order valence-electron chi connectivity index (χ0n) is 19.7. The van der Waals surface area contributed by atoms with Crippen LogP contribution in [0.4, 0.5) is 0 Å². The van der Waals surface area contributed by atoms with Crippen molar-refractivity contribution < 1.29 is 4.15 Å². The molecule has 0 spiro atoms. The molecule has 2 aliphatic rings. The average Bonchev–Trinajstić information content (AvgIpc) is 3.20. The third kappa shape index (κ3) is 2.42. The standard InChI is InChI=1S/C32H28NSi/c1-33(2)22-24-14-10-12-23-13-11-21-30(31(23)24)34(33,25-15-4-3-5-16-25)32-28-19-8-6-17-26(28)27-18-7-9-20-29(27)32/h3-21,32H,22H2,1-2H3/q+1. The molecule has 5 aromatic carbocycles. The fraction of sp³-hybridized carbons (Fsp3) is 0.125. The van der Waals surface area contributed by atoms with Crippen molar-refractivity contribution >= 4 is 29.4 Å². The van der Waals surface area contributed by atoms with E-state index in [0.29, 0.717) is 5.54 Å². The largest absolute Gasteiger partial charge is 0.377 e. The van der Waals surface area contributed by atoms with Crippen molar-refractivity contribution in [2.75, 3.05) is 14.1 Å². The first-order valence-corrected chi connectivity index (χ1v) is 14.2. The molecular weight excluding hydrogens is 426 g/mol. The summed E-state index contributed by atoms with van der Waals surface area (Å²) in [5.74, 6) is 0. The van der Waals surface area contributed by atoms with Crippen LogP contribution in [0.25, 0.3) is 21.9 Å². The molecular formula is C32H28NSi+. The SMILES string of the molecule is C[N+]1(C)Cc2cccc3cccc(c23)[Si]1(c1ccccc1)C1c2ccccc2-c2ccccc21. The van der Waals surface area contributed by atoms with E-state index in [1.807, 2.05) is 0 Å². The third-order valence-corrected chi connectivity index (χ3v) is 14.4. The van der Waals surface area contributed by atoms with Crippen molar-refractivity contribution in [3.05, 3.63) is 132 Å². The van der Waals surface area contributed by atoms with Crippen LogP contribution >= 0.6 is 0 Å². The van der Waals surface area contributed by atoms with Crippen LogP contribution in [0.5, 0.6) is 0 Å². The van der Waals surface area contributed by atoms with E-state index in [1.165, 1.54) is 43.8 Å². The minimum atomic E-state index is -2.47. The first kappa shape index (κ1) is 20.0. The lowest BCUT2D eigenvalue weighted by atomic mass is 10.0. The van der Waals surface area contributed by atoms with Gasteiger partial charge in [0.25, 0.3) is 0 Å². The molecule has 5 aromatic rings. The summed E-state index contributed by atoms with van der Waals surface area (Å²) in [6, 6.07) is 43.8. The molecule has 2 heteroatoms. The van der Waals surface area contributed by atoms with E-state index in [4.69, 9.17) is 0 Å². The smallest absolute Gasteiger partial charge is 0.363 e. The predicted molar refractivity (Wildman–Crippen MR) is 145 cm³/mol. The van der Waals surface area contributed by atoms with E-state index >= 15 is 0 Å². The molecule has 1 aliphatic heterocycles. The summed E-state index contributed by atoms with van der Waals surface area (Å²) >= 11 is 0. The van der Waals surface area contributed by atoms with Gasteiger partial charge in [0.15, 0.2) is 0 Å². The summed E-state index contributed by atoms with van der Waals surface area (Å²) in [5, 5.41) is 5.99.